The van der Waals surface area contributed by atoms with Crippen molar-refractivity contribution >= 4 is 66.4 Å². The third-order valence-corrected chi connectivity index (χ3v) is 19.9. The molecule has 0 aromatic heterocycles. The molecule has 0 fully saturated rings. The lowest BCUT2D eigenvalue weighted by Crippen LogP contribution is -2.29. The molecule has 0 atom stereocenters. The molecule has 0 heterocycles. The van der Waals surface area contributed by atoms with Crippen molar-refractivity contribution in [3.05, 3.63) is 409 Å². The van der Waals surface area contributed by atoms with Crippen molar-refractivity contribution in [2.24, 2.45) is 0 Å². The van der Waals surface area contributed by atoms with Crippen LogP contribution in [0.25, 0.3) is 76.8 Å². The number of benzene rings is 15. The number of fused-ring (bicyclic) bond motifs is 6. The van der Waals surface area contributed by atoms with Crippen molar-refractivity contribution in [2.75, 3.05) is 9.80 Å². The fourth-order valence-electron chi connectivity index (χ4n) is 16.0. The smallest absolute Gasteiger partial charge is 0.0714 e. The number of rotatable bonds is 14. The summed E-state index contributed by atoms with van der Waals surface area (Å²) in [7, 11) is 0. The molecule has 15 aromatic carbocycles. The van der Waals surface area contributed by atoms with E-state index in [9.17, 15) is 0 Å². The molecule has 0 N–H and O–H groups in total. The molecule has 2 nitrogen and oxygen atoms in total. The first kappa shape index (κ1) is 55.2. The van der Waals surface area contributed by atoms with Crippen LogP contribution in [-0.2, 0) is 10.8 Å². The van der Waals surface area contributed by atoms with Gasteiger partial charge in [0.2, 0.25) is 0 Å². The molecular weight excluding hydrogens is 1120 g/mol. The highest BCUT2D eigenvalue weighted by molar-refractivity contribution is 6.28. The van der Waals surface area contributed by atoms with Gasteiger partial charge in [-0.25, -0.2) is 0 Å². The molecule has 0 radical (unpaired) electrons. The van der Waals surface area contributed by atoms with Gasteiger partial charge < -0.3 is 9.80 Å². The number of hydrogen-bond acceptors (Lipinski definition) is 2. The van der Waals surface area contributed by atoms with Crippen molar-refractivity contribution in [3.63, 3.8) is 0 Å². The molecule has 0 aliphatic heterocycles. The highest BCUT2D eigenvalue weighted by Gasteiger charge is 2.47. The van der Waals surface area contributed by atoms with Crippen LogP contribution in [0.4, 0.5) is 34.1 Å². The van der Waals surface area contributed by atoms with E-state index in [4.69, 9.17) is 0 Å². The minimum Gasteiger partial charge on any atom is -0.310 e. The summed E-state index contributed by atoms with van der Waals surface area (Å²) in [5, 5.41) is 7.15. The summed E-state index contributed by atoms with van der Waals surface area (Å²) in [5.74, 6) is 0. The first-order valence-electron chi connectivity index (χ1n) is 32.3. The summed E-state index contributed by atoms with van der Waals surface area (Å²) in [6, 6.07) is 124. The molecule has 0 amide bonds. The van der Waals surface area contributed by atoms with Gasteiger partial charge in [-0.15, -0.1) is 0 Å². The lowest BCUT2D eigenvalue weighted by Gasteiger charge is -2.36. The summed E-state index contributed by atoms with van der Waals surface area (Å²) in [4.78, 5) is 5.02. The molecule has 17 rings (SSSR count). The van der Waals surface area contributed by atoms with Crippen molar-refractivity contribution in [1.82, 2.24) is 0 Å². The second kappa shape index (κ2) is 22.6. The van der Waals surface area contributed by atoms with E-state index in [1.54, 1.807) is 0 Å². The highest BCUT2D eigenvalue weighted by atomic mass is 15.2. The molecular formula is C91H64N2. The van der Waals surface area contributed by atoms with E-state index in [2.05, 4.69) is 369 Å². The summed E-state index contributed by atoms with van der Waals surface area (Å²) < 4.78 is 0. The van der Waals surface area contributed by atoms with Crippen LogP contribution in [0.3, 0.4) is 0 Å². The fourth-order valence-corrected chi connectivity index (χ4v) is 16.0. The van der Waals surface area contributed by atoms with Gasteiger partial charge in [0.05, 0.1) is 22.2 Å². The van der Waals surface area contributed by atoms with E-state index < -0.39 is 10.8 Å². The minimum atomic E-state index is -0.592. The van der Waals surface area contributed by atoms with Crippen LogP contribution in [0, 0.1) is 0 Å². The van der Waals surface area contributed by atoms with E-state index >= 15 is 0 Å². The van der Waals surface area contributed by atoms with Gasteiger partial charge in [0.25, 0.3) is 0 Å². The fraction of sp³-hybridized carbons (Fsp3) is 0.0330. The van der Waals surface area contributed by atoms with Crippen LogP contribution in [0.15, 0.2) is 370 Å². The molecule has 0 saturated heterocycles. The number of nitrogens with zero attached hydrogens (tertiary/aromatic N) is 2. The number of allylic oxidation sites excluding steroid dienone is 5. The third kappa shape index (κ3) is 8.71. The molecule has 2 aliphatic rings. The Hall–Kier alpha value is -11.8. The van der Waals surface area contributed by atoms with Crippen LogP contribution in [-0.4, -0.2) is 0 Å². The molecule has 0 bridgehead atoms. The van der Waals surface area contributed by atoms with Crippen LogP contribution < -0.4 is 9.80 Å². The Morgan fingerprint density at radius 1 is 0.312 bits per heavy atom. The maximum atomic E-state index is 4.03. The van der Waals surface area contributed by atoms with Gasteiger partial charge in [-0.05, 0) is 173 Å². The zero-order valence-electron chi connectivity index (χ0n) is 51.7. The van der Waals surface area contributed by atoms with Crippen LogP contribution in [0.5, 0.6) is 0 Å². The highest BCUT2D eigenvalue weighted by Crippen LogP contribution is 2.59. The quantitative estimate of drug-likeness (QED) is 0.0791. The molecule has 2 aliphatic carbocycles. The van der Waals surface area contributed by atoms with E-state index in [1.165, 1.54) is 105 Å². The first-order valence-corrected chi connectivity index (χ1v) is 32.3. The lowest BCUT2D eigenvalue weighted by atomic mass is 9.67. The van der Waals surface area contributed by atoms with Crippen molar-refractivity contribution in [1.29, 1.82) is 0 Å². The molecule has 0 saturated carbocycles. The van der Waals surface area contributed by atoms with Crippen molar-refractivity contribution in [2.45, 2.75) is 17.8 Å². The Kier molecular flexibility index (Phi) is 13.4. The largest absolute Gasteiger partial charge is 0.310 e. The Labute approximate surface area is 544 Å². The monoisotopic (exact) mass is 1180 g/mol. The van der Waals surface area contributed by atoms with Gasteiger partial charge in [0.15, 0.2) is 0 Å². The van der Waals surface area contributed by atoms with Gasteiger partial charge >= 0.3 is 0 Å². The Bertz CT molecular complexity index is 5350. The minimum absolute atomic E-state index is 0.585. The maximum absolute atomic E-state index is 4.03. The van der Waals surface area contributed by atoms with Crippen molar-refractivity contribution < 1.29 is 0 Å². The first-order chi connectivity index (χ1) is 46.0. The van der Waals surface area contributed by atoms with E-state index in [1.807, 2.05) is 12.2 Å². The number of anilines is 6. The normalized spacial score (nSPS) is 13.5. The Balaban J connectivity index is 0.897. The Morgan fingerprint density at radius 3 is 1.16 bits per heavy atom. The summed E-state index contributed by atoms with van der Waals surface area (Å²) in [5.41, 5.74) is 25.0. The van der Waals surface area contributed by atoms with Gasteiger partial charge in [-0.3, -0.25) is 0 Å². The molecule has 2 heteroatoms. The summed E-state index contributed by atoms with van der Waals surface area (Å²) in [6.45, 7) is 6.32. The zero-order valence-corrected chi connectivity index (χ0v) is 51.7. The summed E-state index contributed by atoms with van der Waals surface area (Å²) >= 11 is 0. The second-order valence-electron chi connectivity index (χ2n) is 24.7. The van der Waals surface area contributed by atoms with Crippen LogP contribution in [0.2, 0.25) is 0 Å². The topological polar surface area (TPSA) is 6.48 Å². The summed E-state index contributed by atoms with van der Waals surface area (Å²) in [6.07, 6.45) is 8.27. The SMILES string of the molecule is C=C/C=C\C=C(/C)C1(c2cccc(N(c3cccc(-c4ccccc4)c3)c3ccc4ccc5c(N(c6cccc(-c7ccccc7)c6)c6cccc(C7(c8ccccc8)c8ccccc8-c8ccccc87)c6)ccc6ccc3c4c65)c2)c2ccccc2-c2ccccc21. The van der Waals surface area contributed by atoms with Gasteiger partial charge in [0.1, 0.15) is 0 Å². The predicted molar refractivity (Wildman–Crippen MR) is 393 cm³/mol. The van der Waals surface area contributed by atoms with Gasteiger partial charge in [-0.2, -0.15) is 0 Å². The average Bonchev–Trinajstić information content (AvgIpc) is 1.62. The zero-order chi connectivity index (χ0) is 62.0. The van der Waals surface area contributed by atoms with Gasteiger partial charge in [0, 0.05) is 33.5 Å². The number of hydrogen-bond donors (Lipinski definition) is 0. The van der Waals surface area contributed by atoms with E-state index in [-0.39, 0.29) is 0 Å². The average molecular weight is 1190 g/mol. The van der Waals surface area contributed by atoms with Crippen molar-refractivity contribution in [3.8, 4) is 44.5 Å². The molecule has 15 aromatic rings. The van der Waals surface area contributed by atoms with Crippen LogP contribution >= 0.6 is 0 Å². The molecule has 438 valence electrons. The lowest BCUT2D eigenvalue weighted by molar-refractivity contribution is 0.746. The van der Waals surface area contributed by atoms with E-state index in [0.717, 1.165) is 50.6 Å². The van der Waals surface area contributed by atoms with Gasteiger partial charge in [-0.1, -0.05) is 309 Å². The Morgan fingerprint density at radius 2 is 0.677 bits per heavy atom. The standard InChI is InChI=1S/C91H64N2/c1-3-4-8-27-62(2)90(82-46-19-15-42-76(82)77-43-16-20-47-83(77)90)70-36-25-40-74(60-70)92(72-38-23-32-67(58-72)63-28-9-5-10-29-63)86-56-52-65-51-55-81-87(57-53-66-50-54-80(86)88(65)89(66)81)93(73-39-24-33-68(59-73)64-30-11-6-12-31-64)75-41-26-37-71(61-75)91(69-34-13-7-14-35-69)84-48-21-17-44-78(84)79-45-18-22-49-85(79)91/h3-61H,1H2,2H3/b8-4-,62-27+. The maximum Gasteiger partial charge on any atom is 0.0714 e. The predicted octanol–water partition coefficient (Wildman–Crippen LogP) is 24.2. The third-order valence-electron chi connectivity index (χ3n) is 19.9. The molecule has 0 spiro atoms. The molecule has 93 heavy (non-hydrogen) atoms. The second-order valence-corrected chi connectivity index (χ2v) is 24.7. The van der Waals surface area contributed by atoms with E-state index in [0.29, 0.717) is 0 Å². The molecule has 0 unspecified atom stereocenters. The van der Waals surface area contributed by atoms with Crippen LogP contribution in [0.1, 0.15) is 45.9 Å².